The van der Waals surface area contributed by atoms with Gasteiger partial charge in [-0.3, -0.25) is 4.79 Å². The van der Waals surface area contributed by atoms with Gasteiger partial charge >= 0.3 is 5.97 Å². The zero-order chi connectivity index (χ0) is 19.9. The Morgan fingerprint density at radius 3 is 2.41 bits per heavy atom. The molecule has 3 rings (SSSR count). The van der Waals surface area contributed by atoms with Crippen LogP contribution in [0.4, 0.5) is 23.2 Å². The number of nitrogens with one attached hydrogen (secondary N) is 2. The molecule has 3 N–H and O–H groups in total. The summed E-state index contributed by atoms with van der Waals surface area (Å²) in [6.07, 6.45) is -0.596. The summed E-state index contributed by atoms with van der Waals surface area (Å²) in [5.74, 6) is -7.89. The number of rotatable bonds is 4. The third-order valence-electron chi connectivity index (χ3n) is 3.79. The van der Waals surface area contributed by atoms with E-state index in [0.717, 1.165) is 12.1 Å². The van der Waals surface area contributed by atoms with E-state index >= 15 is 0 Å². The number of carboxylic acids is 1. The van der Waals surface area contributed by atoms with Gasteiger partial charge in [0, 0.05) is 16.6 Å². The summed E-state index contributed by atoms with van der Waals surface area (Å²) in [6, 6.07) is 3.98. The van der Waals surface area contributed by atoms with Crippen molar-refractivity contribution >= 4 is 40.1 Å². The summed E-state index contributed by atoms with van der Waals surface area (Å²) in [6.45, 7) is 0. The van der Waals surface area contributed by atoms with E-state index in [0.29, 0.717) is 6.07 Å². The molecule has 27 heavy (non-hydrogen) atoms. The maximum atomic E-state index is 13.9. The number of carboxylic acid groups (broad SMARTS) is 1. The fourth-order valence-electron chi connectivity index (χ4n) is 2.60. The van der Waals surface area contributed by atoms with Crippen molar-refractivity contribution in [2.45, 2.75) is 6.42 Å². The molecule has 0 spiro atoms. The number of aromatic carboxylic acids is 1. The van der Waals surface area contributed by atoms with Crippen LogP contribution in [0.25, 0.3) is 10.9 Å². The van der Waals surface area contributed by atoms with E-state index in [1.807, 2.05) is 0 Å². The summed E-state index contributed by atoms with van der Waals surface area (Å²) < 4.78 is 54.0. The van der Waals surface area contributed by atoms with Gasteiger partial charge in [-0.1, -0.05) is 11.6 Å². The highest BCUT2D eigenvalue weighted by atomic mass is 35.5. The lowest BCUT2D eigenvalue weighted by atomic mass is 10.1. The van der Waals surface area contributed by atoms with Gasteiger partial charge in [-0.15, -0.1) is 0 Å². The molecule has 0 fully saturated rings. The van der Waals surface area contributed by atoms with Crippen LogP contribution < -0.4 is 5.32 Å². The number of fused-ring (bicyclic) bond motifs is 1. The number of carbonyl (C=O) groups excluding carboxylic acids is 1. The lowest BCUT2D eigenvalue weighted by Gasteiger charge is -2.07. The van der Waals surface area contributed by atoms with Crippen molar-refractivity contribution < 1.29 is 32.3 Å². The number of aromatic nitrogens is 1. The highest BCUT2D eigenvalue weighted by Crippen LogP contribution is 2.29. The van der Waals surface area contributed by atoms with Crippen molar-refractivity contribution in [2.24, 2.45) is 0 Å². The van der Waals surface area contributed by atoms with Gasteiger partial charge in [-0.25, -0.2) is 22.4 Å². The number of anilines is 1. The fraction of sp³-hybridized carbons (Fsp3) is 0.0588. The van der Waals surface area contributed by atoms with E-state index in [4.69, 9.17) is 11.6 Å². The number of carbonyl (C=O) groups is 2. The van der Waals surface area contributed by atoms with Crippen LogP contribution >= 0.6 is 11.6 Å². The average molecular weight is 401 g/mol. The van der Waals surface area contributed by atoms with E-state index < -0.39 is 52.8 Å². The number of benzene rings is 2. The Morgan fingerprint density at radius 1 is 1.07 bits per heavy atom. The highest BCUT2D eigenvalue weighted by molar-refractivity contribution is 6.31. The second-order valence-electron chi connectivity index (χ2n) is 5.55. The second kappa shape index (κ2) is 6.92. The van der Waals surface area contributed by atoms with Crippen molar-refractivity contribution in [1.29, 1.82) is 0 Å². The van der Waals surface area contributed by atoms with Crippen molar-refractivity contribution in [2.75, 3.05) is 5.32 Å². The average Bonchev–Trinajstić information content (AvgIpc) is 2.95. The summed E-state index contributed by atoms with van der Waals surface area (Å²) in [5, 5.41) is 11.1. The summed E-state index contributed by atoms with van der Waals surface area (Å²) in [4.78, 5) is 25.7. The summed E-state index contributed by atoms with van der Waals surface area (Å²) >= 11 is 5.61. The lowest BCUT2D eigenvalue weighted by molar-refractivity contribution is -0.115. The molecule has 0 radical (unpaired) electrons. The first-order chi connectivity index (χ1) is 12.7. The summed E-state index contributed by atoms with van der Waals surface area (Å²) in [5.41, 5.74) is -1.26. The number of hydrogen-bond donors (Lipinski definition) is 3. The van der Waals surface area contributed by atoms with Crippen LogP contribution in [-0.4, -0.2) is 22.0 Å². The third kappa shape index (κ3) is 3.45. The SMILES string of the molecule is O=C(Cc1c(C(=O)O)[nH]c2c(F)c(F)c(F)cc12)Nc1ccc(F)c(Cl)c1. The van der Waals surface area contributed by atoms with Crippen molar-refractivity contribution in [3.8, 4) is 0 Å². The highest BCUT2D eigenvalue weighted by Gasteiger charge is 2.24. The fourth-order valence-corrected chi connectivity index (χ4v) is 2.78. The van der Waals surface area contributed by atoms with Gasteiger partial charge in [-0.05, 0) is 24.3 Å². The molecule has 1 amide bonds. The molecule has 0 bridgehead atoms. The molecule has 1 aromatic heterocycles. The molecule has 3 aromatic rings. The van der Waals surface area contributed by atoms with Gasteiger partial charge in [0.15, 0.2) is 17.5 Å². The Balaban J connectivity index is 2.00. The topological polar surface area (TPSA) is 82.2 Å². The molecule has 0 aliphatic rings. The number of aromatic amines is 1. The largest absolute Gasteiger partial charge is 0.477 e. The standard InChI is InChI=1S/C17H9ClF4N2O3/c18-9-3-6(1-2-10(9)19)23-12(25)5-8-7-4-11(20)13(21)14(22)15(7)24-16(8)17(26)27/h1-4,24H,5H2,(H,23,25)(H,26,27). The molecule has 1 heterocycles. The Bertz CT molecular complexity index is 1100. The lowest BCUT2D eigenvalue weighted by Crippen LogP contribution is -2.16. The minimum atomic E-state index is -1.77. The minimum absolute atomic E-state index is 0.131. The molecule has 0 atom stereocenters. The third-order valence-corrected chi connectivity index (χ3v) is 4.08. The maximum Gasteiger partial charge on any atom is 0.352 e. The van der Waals surface area contributed by atoms with Crippen LogP contribution in [0.5, 0.6) is 0 Å². The Morgan fingerprint density at radius 2 is 1.78 bits per heavy atom. The first-order valence-corrected chi connectivity index (χ1v) is 7.73. The van der Waals surface area contributed by atoms with Crippen LogP contribution in [0.2, 0.25) is 5.02 Å². The zero-order valence-corrected chi connectivity index (χ0v) is 13.9. The number of halogens is 5. The van der Waals surface area contributed by atoms with Gasteiger partial charge in [0.25, 0.3) is 0 Å². The molecule has 0 aliphatic heterocycles. The predicted molar refractivity (Wildman–Crippen MR) is 88.9 cm³/mol. The van der Waals surface area contributed by atoms with E-state index in [2.05, 4.69) is 10.3 Å². The molecular formula is C17H9ClF4N2O3. The number of amides is 1. The van der Waals surface area contributed by atoms with E-state index in [-0.39, 0.29) is 21.7 Å². The van der Waals surface area contributed by atoms with Crippen molar-refractivity contribution in [3.05, 3.63) is 63.8 Å². The molecule has 140 valence electrons. The normalized spacial score (nSPS) is 11.0. The molecule has 0 unspecified atom stereocenters. The van der Waals surface area contributed by atoms with Crippen LogP contribution in [0, 0.1) is 23.3 Å². The van der Waals surface area contributed by atoms with Gasteiger partial charge in [0.05, 0.1) is 17.0 Å². The van der Waals surface area contributed by atoms with Crippen LogP contribution in [0.15, 0.2) is 24.3 Å². The van der Waals surface area contributed by atoms with Gasteiger partial charge < -0.3 is 15.4 Å². The maximum absolute atomic E-state index is 13.9. The summed E-state index contributed by atoms with van der Waals surface area (Å²) in [7, 11) is 0. The molecule has 2 aromatic carbocycles. The molecule has 5 nitrogen and oxygen atoms in total. The van der Waals surface area contributed by atoms with Gasteiger partial charge in [-0.2, -0.15) is 0 Å². The molecule has 0 aliphatic carbocycles. The van der Waals surface area contributed by atoms with Gasteiger partial charge in [0.1, 0.15) is 11.5 Å². The first kappa shape index (κ1) is 18.7. The van der Waals surface area contributed by atoms with Crippen molar-refractivity contribution in [1.82, 2.24) is 4.98 Å². The quantitative estimate of drug-likeness (QED) is 0.452. The van der Waals surface area contributed by atoms with E-state index in [1.165, 1.54) is 6.07 Å². The van der Waals surface area contributed by atoms with E-state index in [1.54, 1.807) is 0 Å². The molecule has 0 saturated carbocycles. The minimum Gasteiger partial charge on any atom is -0.477 e. The Hall–Kier alpha value is -3.07. The molecule has 10 heteroatoms. The van der Waals surface area contributed by atoms with E-state index in [9.17, 15) is 32.3 Å². The molecule has 0 saturated heterocycles. The zero-order valence-electron chi connectivity index (χ0n) is 13.2. The molecular weight excluding hydrogens is 392 g/mol. The Kier molecular flexibility index (Phi) is 4.79. The first-order valence-electron chi connectivity index (χ1n) is 7.35. The van der Waals surface area contributed by atoms with Gasteiger partial charge in [0.2, 0.25) is 5.91 Å². The van der Waals surface area contributed by atoms with Crippen LogP contribution in [0.1, 0.15) is 16.1 Å². The van der Waals surface area contributed by atoms with Crippen LogP contribution in [-0.2, 0) is 11.2 Å². The predicted octanol–water partition coefficient (Wildman–Crippen LogP) is 4.26. The monoisotopic (exact) mass is 400 g/mol. The van der Waals surface area contributed by atoms with Crippen LogP contribution in [0.3, 0.4) is 0 Å². The Labute approximate surface area is 153 Å². The number of hydrogen-bond acceptors (Lipinski definition) is 2. The van der Waals surface area contributed by atoms with Crippen molar-refractivity contribution in [3.63, 3.8) is 0 Å². The smallest absolute Gasteiger partial charge is 0.352 e. The second-order valence-corrected chi connectivity index (χ2v) is 5.95. The number of H-pyrrole nitrogens is 1.